The Balaban J connectivity index is 2.09. The minimum Gasteiger partial charge on any atom is -0.271 e. The zero-order chi connectivity index (χ0) is 13.8. The van der Waals surface area contributed by atoms with Crippen LogP contribution in [-0.2, 0) is 19.9 Å². The molecular weight excluding hydrogens is 252 g/mol. The number of hydrogen-bond donors (Lipinski definition) is 2. The zero-order valence-electron chi connectivity index (χ0n) is 10.5. The summed E-state index contributed by atoms with van der Waals surface area (Å²) in [7, 11) is 1.77. The van der Waals surface area contributed by atoms with E-state index >= 15 is 0 Å². The van der Waals surface area contributed by atoms with Crippen LogP contribution in [0, 0.1) is 11.6 Å². The largest absolute Gasteiger partial charge is 0.271 e. The molecule has 0 aliphatic carbocycles. The molecule has 1 unspecified atom stereocenters. The van der Waals surface area contributed by atoms with E-state index in [0.29, 0.717) is 18.4 Å². The molecule has 0 bridgehead atoms. The van der Waals surface area contributed by atoms with Crippen LogP contribution in [0.4, 0.5) is 8.78 Å². The molecule has 19 heavy (non-hydrogen) atoms. The molecule has 5 nitrogen and oxygen atoms in total. The lowest BCUT2D eigenvalue weighted by molar-refractivity contribution is 0.485. The Morgan fingerprint density at radius 3 is 2.74 bits per heavy atom. The number of halogens is 2. The quantitative estimate of drug-likeness (QED) is 0.618. The molecule has 1 atom stereocenters. The number of rotatable bonds is 5. The van der Waals surface area contributed by atoms with Crippen LogP contribution >= 0.6 is 0 Å². The van der Waals surface area contributed by atoms with Gasteiger partial charge in [0.25, 0.3) is 0 Å². The van der Waals surface area contributed by atoms with Crippen LogP contribution in [-0.4, -0.2) is 20.8 Å². The second-order valence-corrected chi connectivity index (χ2v) is 4.31. The Labute approximate surface area is 109 Å². The third kappa shape index (κ3) is 3.33. The fourth-order valence-electron chi connectivity index (χ4n) is 1.87. The molecule has 1 heterocycles. The molecule has 0 radical (unpaired) electrons. The van der Waals surface area contributed by atoms with Crippen molar-refractivity contribution >= 4 is 0 Å². The molecule has 3 N–H and O–H groups in total. The van der Waals surface area contributed by atoms with Crippen molar-refractivity contribution in [2.45, 2.75) is 18.9 Å². The van der Waals surface area contributed by atoms with Crippen molar-refractivity contribution in [2.24, 2.45) is 12.9 Å². The van der Waals surface area contributed by atoms with Gasteiger partial charge in [-0.3, -0.25) is 16.0 Å². The summed E-state index contributed by atoms with van der Waals surface area (Å²) in [5, 5.41) is 3.95. The van der Waals surface area contributed by atoms with Gasteiger partial charge in [0.05, 0.1) is 0 Å². The van der Waals surface area contributed by atoms with Crippen molar-refractivity contribution < 1.29 is 8.78 Å². The second kappa shape index (κ2) is 5.85. The summed E-state index contributed by atoms with van der Waals surface area (Å²) < 4.78 is 28.0. The summed E-state index contributed by atoms with van der Waals surface area (Å²) >= 11 is 0. The van der Waals surface area contributed by atoms with Crippen LogP contribution < -0.4 is 11.3 Å². The molecule has 2 rings (SSSR count). The van der Waals surface area contributed by atoms with E-state index in [2.05, 4.69) is 15.5 Å². The average molecular weight is 267 g/mol. The summed E-state index contributed by atoms with van der Waals surface area (Å²) in [6.45, 7) is 0. The van der Waals surface area contributed by atoms with Crippen molar-refractivity contribution in [2.75, 3.05) is 0 Å². The van der Waals surface area contributed by atoms with Gasteiger partial charge in [0, 0.05) is 25.6 Å². The molecular formula is C12H15F2N5. The molecule has 0 amide bonds. The Morgan fingerprint density at radius 1 is 1.37 bits per heavy atom. The highest BCUT2D eigenvalue weighted by Crippen LogP contribution is 2.13. The van der Waals surface area contributed by atoms with Gasteiger partial charge in [0.2, 0.25) is 0 Å². The second-order valence-electron chi connectivity index (χ2n) is 4.31. The molecule has 1 aromatic carbocycles. The minimum atomic E-state index is -0.591. The fraction of sp³-hybridized carbons (Fsp3) is 0.333. The number of aryl methyl sites for hydroxylation is 1. The van der Waals surface area contributed by atoms with Crippen LogP contribution in [0.2, 0.25) is 0 Å². The SMILES string of the molecule is Cn1ncnc1CC(Cc1ccc(F)cc1F)NN. The predicted molar refractivity (Wildman–Crippen MR) is 65.9 cm³/mol. The molecule has 0 saturated heterocycles. The van der Waals surface area contributed by atoms with Gasteiger partial charge in [0.15, 0.2) is 0 Å². The standard InChI is InChI=1S/C12H15F2N5/c1-19-12(16-7-17-19)6-10(18-15)4-8-2-3-9(13)5-11(8)14/h2-3,5,7,10,18H,4,6,15H2,1H3. The number of benzene rings is 1. The van der Waals surface area contributed by atoms with Gasteiger partial charge in [-0.05, 0) is 18.1 Å². The third-order valence-corrected chi connectivity index (χ3v) is 2.95. The average Bonchev–Trinajstić information content (AvgIpc) is 2.77. The topological polar surface area (TPSA) is 68.8 Å². The molecule has 0 aliphatic rings. The Bertz CT molecular complexity index is 555. The van der Waals surface area contributed by atoms with Crippen LogP contribution in [0.5, 0.6) is 0 Å². The Morgan fingerprint density at radius 2 is 2.16 bits per heavy atom. The lowest BCUT2D eigenvalue weighted by atomic mass is 10.0. The van der Waals surface area contributed by atoms with E-state index in [1.54, 1.807) is 11.7 Å². The van der Waals surface area contributed by atoms with Gasteiger partial charge in [0.1, 0.15) is 23.8 Å². The maximum absolute atomic E-state index is 13.6. The fourth-order valence-corrected chi connectivity index (χ4v) is 1.87. The van der Waals surface area contributed by atoms with Crippen LogP contribution in [0.1, 0.15) is 11.4 Å². The van der Waals surface area contributed by atoms with Gasteiger partial charge in [-0.2, -0.15) is 5.10 Å². The highest BCUT2D eigenvalue weighted by molar-refractivity contribution is 5.19. The molecule has 0 saturated carbocycles. The summed E-state index contributed by atoms with van der Waals surface area (Å²) in [4.78, 5) is 4.08. The normalized spacial score (nSPS) is 12.6. The maximum atomic E-state index is 13.6. The van der Waals surface area contributed by atoms with Crippen LogP contribution in [0.3, 0.4) is 0 Å². The Kier molecular flexibility index (Phi) is 4.18. The Hall–Kier alpha value is -1.86. The first kappa shape index (κ1) is 13.6. The van der Waals surface area contributed by atoms with Crippen molar-refractivity contribution in [1.82, 2.24) is 20.2 Å². The van der Waals surface area contributed by atoms with Gasteiger partial charge < -0.3 is 0 Å². The monoisotopic (exact) mass is 267 g/mol. The first-order valence-electron chi connectivity index (χ1n) is 5.83. The lowest BCUT2D eigenvalue weighted by Gasteiger charge is -2.15. The zero-order valence-corrected chi connectivity index (χ0v) is 10.5. The molecule has 0 spiro atoms. The van der Waals surface area contributed by atoms with E-state index in [0.717, 1.165) is 11.9 Å². The van der Waals surface area contributed by atoms with E-state index in [-0.39, 0.29) is 6.04 Å². The van der Waals surface area contributed by atoms with Crippen LogP contribution in [0.25, 0.3) is 0 Å². The molecule has 7 heteroatoms. The first-order valence-corrected chi connectivity index (χ1v) is 5.83. The van der Waals surface area contributed by atoms with Crippen LogP contribution in [0.15, 0.2) is 24.5 Å². The van der Waals surface area contributed by atoms with E-state index in [4.69, 9.17) is 5.84 Å². The molecule has 2 aromatic rings. The number of hydrogen-bond acceptors (Lipinski definition) is 4. The number of nitrogens with two attached hydrogens (primary N) is 1. The van der Waals surface area contributed by atoms with Crippen molar-refractivity contribution in [3.8, 4) is 0 Å². The number of nitrogens with one attached hydrogen (secondary N) is 1. The highest BCUT2D eigenvalue weighted by atomic mass is 19.1. The molecule has 0 aliphatic heterocycles. The predicted octanol–water partition coefficient (Wildman–Crippen LogP) is 0.710. The highest BCUT2D eigenvalue weighted by Gasteiger charge is 2.14. The van der Waals surface area contributed by atoms with Crippen molar-refractivity contribution in [1.29, 1.82) is 0 Å². The van der Waals surface area contributed by atoms with Crippen molar-refractivity contribution in [3.05, 3.63) is 47.5 Å². The van der Waals surface area contributed by atoms with Gasteiger partial charge in [-0.1, -0.05) is 6.07 Å². The van der Waals surface area contributed by atoms with E-state index in [9.17, 15) is 8.78 Å². The summed E-state index contributed by atoms with van der Waals surface area (Å²) in [6, 6.07) is 3.31. The molecule has 1 aromatic heterocycles. The number of aromatic nitrogens is 3. The maximum Gasteiger partial charge on any atom is 0.138 e. The van der Waals surface area contributed by atoms with E-state index in [1.165, 1.54) is 18.5 Å². The van der Waals surface area contributed by atoms with E-state index < -0.39 is 11.6 Å². The third-order valence-electron chi connectivity index (χ3n) is 2.95. The molecule has 0 fully saturated rings. The number of nitrogens with zero attached hydrogens (tertiary/aromatic N) is 3. The first-order chi connectivity index (χ1) is 9.10. The summed E-state index contributed by atoms with van der Waals surface area (Å²) in [6.07, 6.45) is 2.29. The summed E-state index contributed by atoms with van der Waals surface area (Å²) in [5.74, 6) is 5.04. The van der Waals surface area contributed by atoms with Gasteiger partial charge in [-0.25, -0.2) is 13.8 Å². The van der Waals surface area contributed by atoms with Crippen molar-refractivity contribution in [3.63, 3.8) is 0 Å². The van der Waals surface area contributed by atoms with Gasteiger partial charge in [-0.15, -0.1) is 0 Å². The number of hydrazine groups is 1. The lowest BCUT2D eigenvalue weighted by Crippen LogP contribution is -2.39. The molecule has 102 valence electrons. The van der Waals surface area contributed by atoms with Gasteiger partial charge >= 0.3 is 0 Å². The summed E-state index contributed by atoms with van der Waals surface area (Å²) in [5.41, 5.74) is 3.03. The smallest absolute Gasteiger partial charge is 0.138 e. The van der Waals surface area contributed by atoms with E-state index in [1.807, 2.05) is 0 Å². The minimum absolute atomic E-state index is 0.206.